The summed E-state index contributed by atoms with van der Waals surface area (Å²) in [5.41, 5.74) is 4.72. The van der Waals surface area contributed by atoms with E-state index in [4.69, 9.17) is 0 Å². The SMILES string of the molecule is Cl.O=c1n(-c2ccc(-c3ccccc3)cc2)c2cccnc2n1C1CNC1. The van der Waals surface area contributed by atoms with Crippen molar-refractivity contribution in [2.24, 2.45) is 0 Å². The Morgan fingerprint density at radius 3 is 2.26 bits per heavy atom. The number of rotatable bonds is 3. The Morgan fingerprint density at radius 2 is 1.59 bits per heavy atom. The van der Waals surface area contributed by atoms with E-state index in [1.165, 1.54) is 0 Å². The molecule has 5 nitrogen and oxygen atoms in total. The topological polar surface area (TPSA) is 51.9 Å². The third kappa shape index (κ3) is 2.85. The summed E-state index contributed by atoms with van der Waals surface area (Å²) in [5.74, 6) is 0. The first kappa shape index (κ1) is 17.5. The molecule has 0 saturated carbocycles. The number of halogens is 1. The fourth-order valence-electron chi connectivity index (χ4n) is 3.52. The lowest BCUT2D eigenvalue weighted by Gasteiger charge is -2.27. The van der Waals surface area contributed by atoms with Crippen molar-refractivity contribution in [2.45, 2.75) is 6.04 Å². The number of fused-ring (bicyclic) bond motifs is 1. The predicted molar refractivity (Wildman–Crippen MR) is 110 cm³/mol. The second-order valence-corrected chi connectivity index (χ2v) is 6.56. The molecule has 2 aromatic heterocycles. The van der Waals surface area contributed by atoms with Gasteiger partial charge in [-0.1, -0.05) is 42.5 Å². The van der Waals surface area contributed by atoms with Crippen molar-refractivity contribution in [3.05, 3.63) is 83.4 Å². The van der Waals surface area contributed by atoms with Crippen molar-refractivity contribution in [3.63, 3.8) is 0 Å². The minimum Gasteiger partial charge on any atom is -0.313 e. The van der Waals surface area contributed by atoms with Gasteiger partial charge >= 0.3 is 5.69 Å². The van der Waals surface area contributed by atoms with Gasteiger partial charge in [-0.25, -0.2) is 9.78 Å². The third-order valence-electron chi connectivity index (χ3n) is 4.99. The Kier molecular flexibility index (Phi) is 4.56. The summed E-state index contributed by atoms with van der Waals surface area (Å²) >= 11 is 0. The normalized spacial score (nSPS) is 13.9. The number of imidazole rings is 1. The van der Waals surface area contributed by atoms with Gasteiger partial charge in [-0.3, -0.25) is 9.13 Å². The van der Waals surface area contributed by atoms with Crippen LogP contribution in [0.5, 0.6) is 0 Å². The van der Waals surface area contributed by atoms with Crippen LogP contribution in [-0.2, 0) is 0 Å². The lowest BCUT2D eigenvalue weighted by atomic mass is 10.1. The van der Waals surface area contributed by atoms with E-state index in [-0.39, 0.29) is 24.1 Å². The minimum atomic E-state index is -0.0299. The van der Waals surface area contributed by atoms with E-state index in [2.05, 4.69) is 34.6 Å². The Morgan fingerprint density at radius 1 is 0.889 bits per heavy atom. The number of nitrogens with one attached hydrogen (secondary N) is 1. The Bertz CT molecular complexity index is 1130. The molecular formula is C21H19ClN4O. The van der Waals surface area contributed by atoms with E-state index in [1.54, 1.807) is 10.8 Å². The molecule has 0 spiro atoms. The number of benzene rings is 2. The Hall–Kier alpha value is -2.89. The van der Waals surface area contributed by atoms with Crippen LogP contribution in [0.15, 0.2) is 77.7 Å². The summed E-state index contributed by atoms with van der Waals surface area (Å²) < 4.78 is 3.58. The standard InChI is InChI=1S/C21H18N4O.ClH/c26-21-24(17-10-8-16(9-11-17)15-5-2-1-3-6-15)19-7-4-12-23-20(19)25(21)18-13-22-14-18;/h1-12,18,22H,13-14H2;1H. The summed E-state index contributed by atoms with van der Waals surface area (Å²) in [5, 5.41) is 3.23. The van der Waals surface area contributed by atoms with Crippen LogP contribution in [-0.4, -0.2) is 27.2 Å². The monoisotopic (exact) mass is 378 g/mol. The van der Waals surface area contributed by atoms with E-state index in [9.17, 15) is 4.79 Å². The number of hydrogen-bond acceptors (Lipinski definition) is 3. The molecule has 3 heterocycles. The lowest BCUT2D eigenvalue weighted by molar-refractivity contribution is 0.341. The van der Waals surface area contributed by atoms with E-state index in [1.807, 2.05) is 47.0 Å². The fourth-order valence-corrected chi connectivity index (χ4v) is 3.52. The molecular weight excluding hydrogens is 360 g/mol. The van der Waals surface area contributed by atoms with Crippen LogP contribution in [0.3, 0.4) is 0 Å². The zero-order valence-corrected chi connectivity index (χ0v) is 15.4. The van der Waals surface area contributed by atoms with Crippen molar-refractivity contribution in [2.75, 3.05) is 13.1 Å². The van der Waals surface area contributed by atoms with Crippen molar-refractivity contribution in [1.29, 1.82) is 0 Å². The first-order valence-electron chi connectivity index (χ1n) is 8.77. The zero-order valence-electron chi connectivity index (χ0n) is 14.6. The second kappa shape index (κ2) is 7.02. The van der Waals surface area contributed by atoms with E-state index < -0.39 is 0 Å². The van der Waals surface area contributed by atoms with Gasteiger partial charge in [0.2, 0.25) is 0 Å². The molecule has 6 heteroatoms. The molecule has 1 aliphatic heterocycles. The van der Waals surface area contributed by atoms with Gasteiger partial charge in [0.1, 0.15) is 0 Å². The molecule has 0 amide bonds. The molecule has 0 bridgehead atoms. The first-order chi connectivity index (χ1) is 12.8. The van der Waals surface area contributed by atoms with Gasteiger partial charge in [-0.05, 0) is 35.4 Å². The van der Waals surface area contributed by atoms with Crippen molar-refractivity contribution in [3.8, 4) is 16.8 Å². The summed E-state index contributed by atoms with van der Waals surface area (Å²) in [4.78, 5) is 17.6. The summed E-state index contributed by atoms with van der Waals surface area (Å²) in [7, 11) is 0. The van der Waals surface area contributed by atoms with Gasteiger partial charge in [-0.2, -0.15) is 0 Å². The smallest absolute Gasteiger partial charge is 0.313 e. The summed E-state index contributed by atoms with van der Waals surface area (Å²) in [6.45, 7) is 1.62. The molecule has 1 fully saturated rings. The van der Waals surface area contributed by atoms with Gasteiger partial charge in [-0.15, -0.1) is 12.4 Å². The maximum Gasteiger partial charge on any atom is 0.335 e. The molecule has 0 atom stereocenters. The zero-order chi connectivity index (χ0) is 17.5. The molecule has 1 N–H and O–H groups in total. The average Bonchev–Trinajstić information content (AvgIpc) is 2.94. The first-order valence-corrected chi connectivity index (χ1v) is 8.77. The molecule has 136 valence electrons. The highest BCUT2D eigenvalue weighted by molar-refractivity contribution is 5.85. The van der Waals surface area contributed by atoms with Gasteiger partial charge in [0.25, 0.3) is 0 Å². The van der Waals surface area contributed by atoms with Gasteiger partial charge in [0.05, 0.1) is 17.2 Å². The average molecular weight is 379 g/mol. The van der Waals surface area contributed by atoms with Crippen LogP contribution < -0.4 is 11.0 Å². The fraction of sp³-hybridized carbons (Fsp3) is 0.143. The molecule has 0 unspecified atom stereocenters. The molecule has 1 aliphatic rings. The van der Waals surface area contributed by atoms with Gasteiger partial charge < -0.3 is 5.32 Å². The lowest BCUT2D eigenvalue weighted by Crippen LogP contribution is -2.47. The molecule has 4 aromatic rings. The minimum absolute atomic E-state index is 0. The number of aromatic nitrogens is 3. The molecule has 1 saturated heterocycles. The van der Waals surface area contributed by atoms with Crippen LogP contribution in [0.25, 0.3) is 28.0 Å². The Labute approximate surface area is 162 Å². The number of pyridine rings is 1. The highest BCUT2D eigenvalue weighted by Crippen LogP contribution is 2.23. The van der Waals surface area contributed by atoms with E-state index in [0.29, 0.717) is 0 Å². The highest BCUT2D eigenvalue weighted by Gasteiger charge is 2.26. The molecule has 0 radical (unpaired) electrons. The Balaban J connectivity index is 0.00000180. The molecule has 27 heavy (non-hydrogen) atoms. The maximum atomic E-state index is 13.1. The quantitative estimate of drug-likeness (QED) is 0.594. The van der Waals surface area contributed by atoms with Crippen LogP contribution in [0, 0.1) is 0 Å². The summed E-state index contributed by atoms with van der Waals surface area (Å²) in [6.07, 6.45) is 1.74. The van der Waals surface area contributed by atoms with Crippen LogP contribution in [0.1, 0.15) is 6.04 Å². The van der Waals surface area contributed by atoms with Gasteiger partial charge in [0.15, 0.2) is 5.65 Å². The molecule has 2 aromatic carbocycles. The van der Waals surface area contributed by atoms with Gasteiger partial charge in [0, 0.05) is 19.3 Å². The van der Waals surface area contributed by atoms with E-state index >= 15 is 0 Å². The third-order valence-corrected chi connectivity index (χ3v) is 4.99. The number of nitrogens with zero attached hydrogens (tertiary/aromatic N) is 3. The maximum absolute atomic E-state index is 13.1. The van der Waals surface area contributed by atoms with Crippen LogP contribution in [0.4, 0.5) is 0 Å². The highest BCUT2D eigenvalue weighted by atomic mass is 35.5. The molecule has 5 rings (SSSR count). The van der Waals surface area contributed by atoms with E-state index in [0.717, 1.165) is 41.1 Å². The van der Waals surface area contributed by atoms with Crippen molar-refractivity contribution < 1.29 is 0 Å². The predicted octanol–water partition coefficient (Wildman–Crippen LogP) is 3.42. The number of hydrogen-bond donors (Lipinski definition) is 1. The van der Waals surface area contributed by atoms with Crippen LogP contribution in [0.2, 0.25) is 0 Å². The molecule has 0 aliphatic carbocycles. The largest absolute Gasteiger partial charge is 0.335 e. The van der Waals surface area contributed by atoms with Crippen LogP contribution >= 0.6 is 12.4 Å². The van der Waals surface area contributed by atoms with Crippen molar-refractivity contribution in [1.82, 2.24) is 19.4 Å². The summed E-state index contributed by atoms with van der Waals surface area (Å²) in [6, 6.07) is 22.3. The van der Waals surface area contributed by atoms with Crippen molar-refractivity contribution >= 4 is 23.6 Å². The second-order valence-electron chi connectivity index (χ2n) is 6.56.